The fraction of sp³-hybridized carbons (Fsp3) is 0.533. The predicted octanol–water partition coefficient (Wildman–Crippen LogP) is 3.87. The minimum Gasteiger partial charge on any atom is -0.396 e. The van der Waals surface area contributed by atoms with E-state index in [1.807, 2.05) is 0 Å². The number of nitrogen functional groups attached to an aromatic ring is 1. The van der Waals surface area contributed by atoms with Crippen LogP contribution >= 0.6 is 15.9 Å². The van der Waals surface area contributed by atoms with Crippen molar-refractivity contribution in [1.82, 2.24) is 5.32 Å². The topological polar surface area (TPSA) is 55.1 Å². The van der Waals surface area contributed by atoms with Crippen molar-refractivity contribution in [2.45, 2.75) is 45.1 Å². The molecule has 3 nitrogen and oxygen atoms in total. The Kier molecular flexibility index (Phi) is 5.02. The van der Waals surface area contributed by atoms with E-state index in [1.54, 1.807) is 0 Å². The van der Waals surface area contributed by atoms with Gasteiger partial charge in [0.25, 0.3) is 5.91 Å². The molecule has 0 bridgehead atoms. The summed E-state index contributed by atoms with van der Waals surface area (Å²) in [5.41, 5.74) is 5.90. The van der Waals surface area contributed by atoms with Gasteiger partial charge in [-0.3, -0.25) is 4.79 Å². The van der Waals surface area contributed by atoms with Gasteiger partial charge in [-0.2, -0.15) is 0 Å². The molecule has 0 atom stereocenters. The molecule has 0 unspecified atom stereocenters. The Morgan fingerprint density at radius 1 is 1.40 bits per heavy atom. The molecule has 5 heteroatoms. The highest BCUT2D eigenvalue weighted by atomic mass is 79.9. The van der Waals surface area contributed by atoms with Crippen LogP contribution in [0.3, 0.4) is 0 Å². The van der Waals surface area contributed by atoms with Crippen LogP contribution in [0.2, 0.25) is 0 Å². The third-order valence-corrected chi connectivity index (χ3v) is 4.75. The van der Waals surface area contributed by atoms with Crippen LogP contribution in [0.1, 0.15) is 49.4 Å². The maximum absolute atomic E-state index is 13.3. The number of nitrogens with two attached hydrogens (primary N) is 1. The van der Waals surface area contributed by atoms with E-state index in [4.69, 9.17) is 5.73 Å². The van der Waals surface area contributed by atoms with E-state index < -0.39 is 5.82 Å². The molecule has 1 saturated carbocycles. The predicted molar refractivity (Wildman–Crippen MR) is 82.0 cm³/mol. The van der Waals surface area contributed by atoms with Crippen LogP contribution in [-0.2, 0) is 0 Å². The highest BCUT2D eigenvalue weighted by Crippen LogP contribution is 2.27. The normalized spacial score (nSPS) is 22.6. The maximum atomic E-state index is 13.3. The number of amides is 1. The van der Waals surface area contributed by atoms with Crippen LogP contribution in [0.5, 0.6) is 0 Å². The second kappa shape index (κ2) is 6.57. The first-order valence-corrected chi connectivity index (χ1v) is 7.86. The molecule has 1 fully saturated rings. The van der Waals surface area contributed by atoms with E-state index in [1.165, 1.54) is 18.6 Å². The summed E-state index contributed by atoms with van der Waals surface area (Å²) >= 11 is 3.21. The maximum Gasteiger partial charge on any atom is 0.252 e. The Morgan fingerprint density at radius 2 is 2.05 bits per heavy atom. The number of benzene rings is 1. The summed E-state index contributed by atoms with van der Waals surface area (Å²) in [4.78, 5) is 12.2. The second-order valence-corrected chi connectivity index (χ2v) is 6.31. The molecular formula is C15H20BrFN2O. The Hall–Kier alpha value is -1.10. The zero-order chi connectivity index (χ0) is 14.7. The van der Waals surface area contributed by atoms with Crippen LogP contribution < -0.4 is 11.1 Å². The molecule has 0 radical (unpaired) electrons. The Morgan fingerprint density at radius 3 is 2.65 bits per heavy atom. The lowest BCUT2D eigenvalue weighted by atomic mass is 9.84. The van der Waals surface area contributed by atoms with E-state index in [0.717, 1.165) is 31.6 Å². The monoisotopic (exact) mass is 342 g/mol. The van der Waals surface area contributed by atoms with Gasteiger partial charge in [0, 0.05) is 10.5 Å². The van der Waals surface area contributed by atoms with Crippen LogP contribution in [0.25, 0.3) is 0 Å². The Balaban J connectivity index is 2.01. The summed E-state index contributed by atoms with van der Waals surface area (Å²) in [6.07, 6.45) is 5.56. The first-order chi connectivity index (χ1) is 9.51. The number of halogens is 2. The molecule has 0 aliphatic heterocycles. The average molecular weight is 343 g/mol. The van der Waals surface area contributed by atoms with Gasteiger partial charge < -0.3 is 11.1 Å². The standard InChI is InChI=1S/C15H20BrFN2O/c1-2-9-3-5-10(6-4-9)19-15(20)11-7-14(18)13(17)8-12(11)16/h7-10H,2-6,18H2,1H3,(H,19,20). The van der Waals surface area contributed by atoms with Gasteiger partial charge in [-0.05, 0) is 59.7 Å². The molecule has 20 heavy (non-hydrogen) atoms. The lowest BCUT2D eigenvalue weighted by Crippen LogP contribution is -2.37. The second-order valence-electron chi connectivity index (χ2n) is 5.45. The minimum absolute atomic E-state index is 0.00644. The number of carbonyl (C=O) groups is 1. The van der Waals surface area contributed by atoms with Crippen molar-refractivity contribution in [1.29, 1.82) is 0 Å². The average Bonchev–Trinajstić information content (AvgIpc) is 2.43. The van der Waals surface area contributed by atoms with Gasteiger partial charge in [-0.25, -0.2) is 4.39 Å². The summed E-state index contributed by atoms with van der Waals surface area (Å²) in [6.45, 7) is 2.21. The number of hydrogen-bond donors (Lipinski definition) is 2. The molecule has 0 aromatic heterocycles. The highest BCUT2D eigenvalue weighted by molar-refractivity contribution is 9.10. The number of carbonyl (C=O) groups excluding carboxylic acids is 1. The minimum atomic E-state index is -0.517. The molecule has 1 aliphatic rings. The zero-order valence-electron chi connectivity index (χ0n) is 11.6. The van der Waals surface area contributed by atoms with E-state index in [-0.39, 0.29) is 17.6 Å². The van der Waals surface area contributed by atoms with E-state index >= 15 is 0 Å². The van der Waals surface area contributed by atoms with Crippen molar-refractivity contribution < 1.29 is 9.18 Å². The van der Waals surface area contributed by atoms with Crippen LogP contribution in [-0.4, -0.2) is 11.9 Å². The van der Waals surface area contributed by atoms with Crippen LogP contribution in [0, 0.1) is 11.7 Å². The van der Waals surface area contributed by atoms with E-state index in [2.05, 4.69) is 28.2 Å². The first kappa shape index (κ1) is 15.3. The Labute approximate surface area is 127 Å². The molecule has 1 aromatic rings. The first-order valence-electron chi connectivity index (χ1n) is 7.06. The number of hydrogen-bond acceptors (Lipinski definition) is 2. The largest absolute Gasteiger partial charge is 0.396 e. The third-order valence-electron chi connectivity index (χ3n) is 4.09. The van der Waals surface area contributed by atoms with Gasteiger partial charge in [-0.1, -0.05) is 13.3 Å². The van der Waals surface area contributed by atoms with Gasteiger partial charge in [-0.15, -0.1) is 0 Å². The van der Waals surface area contributed by atoms with Crippen LogP contribution in [0.15, 0.2) is 16.6 Å². The third kappa shape index (κ3) is 3.51. The van der Waals surface area contributed by atoms with Crippen molar-refractivity contribution in [3.05, 3.63) is 28.0 Å². The molecule has 0 saturated heterocycles. The highest BCUT2D eigenvalue weighted by Gasteiger charge is 2.22. The molecule has 1 aliphatic carbocycles. The summed E-state index contributed by atoms with van der Waals surface area (Å²) in [5, 5.41) is 3.02. The lowest BCUT2D eigenvalue weighted by Gasteiger charge is -2.28. The molecule has 3 N–H and O–H groups in total. The summed E-state index contributed by atoms with van der Waals surface area (Å²) in [5.74, 6) is 0.0803. The quantitative estimate of drug-likeness (QED) is 0.819. The molecule has 110 valence electrons. The molecule has 0 heterocycles. The zero-order valence-corrected chi connectivity index (χ0v) is 13.2. The number of rotatable bonds is 3. The summed E-state index contributed by atoms with van der Waals surface area (Å²) < 4.78 is 13.7. The fourth-order valence-corrected chi connectivity index (χ4v) is 3.21. The van der Waals surface area contributed by atoms with Crippen molar-refractivity contribution in [2.24, 2.45) is 5.92 Å². The molecule has 1 aromatic carbocycles. The lowest BCUT2D eigenvalue weighted by molar-refractivity contribution is 0.0921. The van der Waals surface area contributed by atoms with Crippen molar-refractivity contribution in [3.63, 3.8) is 0 Å². The van der Waals surface area contributed by atoms with E-state index in [0.29, 0.717) is 10.0 Å². The van der Waals surface area contributed by atoms with Gasteiger partial charge >= 0.3 is 0 Å². The van der Waals surface area contributed by atoms with Gasteiger partial charge in [0.2, 0.25) is 0 Å². The van der Waals surface area contributed by atoms with Gasteiger partial charge in [0.05, 0.1) is 11.3 Å². The smallest absolute Gasteiger partial charge is 0.252 e. The van der Waals surface area contributed by atoms with Crippen molar-refractivity contribution >= 4 is 27.5 Å². The fourth-order valence-electron chi connectivity index (χ4n) is 2.72. The summed E-state index contributed by atoms with van der Waals surface area (Å²) in [6, 6.07) is 2.83. The van der Waals surface area contributed by atoms with Crippen molar-refractivity contribution in [2.75, 3.05) is 5.73 Å². The molecule has 0 spiro atoms. The molecular weight excluding hydrogens is 323 g/mol. The van der Waals surface area contributed by atoms with Gasteiger partial charge in [0.1, 0.15) is 5.82 Å². The van der Waals surface area contributed by atoms with Gasteiger partial charge in [0.15, 0.2) is 0 Å². The molecule has 2 rings (SSSR count). The van der Waals surface area contributed by atoms with E-state index in [9.17, 15) is 9.18 Å². The number of nitrogens with one attached hydrogen (secondary N) is 1. The van der Waals surface area contributed by atoms with Crippen LogP contribution in [0.4, 0.5) is 10.1 Å². The summed E-state index contributed by atoms with van der Waals surface area (Å²) in [7, 11) is 0. The molecule has 1 amide bonds. The Bertz CT molecular complexity index is 499. The SMILES string of the molecule is CCC1CCC(NC(=O)c2cc(N)c(F)cc2Br)CC1. The van der Waals surface area contributed by atoms with Crippen molar-refractivity contribution in [3.8, 4) is 0 Å². The number of anilines is 1.